The maximum atomic E-state index is 12.8. The van der Waals surface area contributed by atoms with Gasteiger partial charge in [-0.25, -0.2) is 4.98 Å². The Balaban J connectivity index is 1.88. The third kappa shape index (κ3) is 3.32. The van der Waals surface area contributed by atoms with Crippen molar-refractivity contribution in [1.29, 1.82) is 0 Å². The molecule has 0 saturated heterocycles. The normalized spacial score (nSPS) is 19.3. The molecule has 0 N–H and O–H groups in total. The molecule has 0 radical (unpaired) electrons. The van der Waals surface area contributed by atoms with Crippen LogP contribution in [0.1, 0.15) is 18.9 Å². The van der Waals surface area contributed by atoms with Crippen LogP contribution in [0, 0.1) is 11.8 Å². The number of carbonyl (C=O) groups is 1. The molecular formula is C17H20N2O3S. The second-order valence-corrected chi connectivity index (χ2v) is 6.61. The van der Waals surface area contributed by atoms with Gasteiger partial charge >= 0.3 is 0 Å². The first-order valence-corrected chi connectivity index (χ1v) is 8.43. The molecule has 2 aromatic rings. The minimum atomic E-state index is 0.114. The van der Waals surface area contributed by atoms with Crippen molar-refractivity contribution in [3.63, 3.8) is 0 Å². The molecule has 1 heterocycles. The Morgan fingerprint density at radius 1 is 1.39 bits per heavy atom. The van der Waals surface area contributed by atoms with E-state index in [1.165, 1.54) is 11.3 Å². The van der Waals surface area contributed by atoms with E-state index in [1.54, 1.807) is 25.3 Å². The van der Waals surface area contributed by atoms with Crippen LogP contribution in [-0.2, 0) is 11.3 Å². The highest BCUT2D eigenvalue weighted by molar-refractivity contribution is 7.13. The molecule has 0 bridgehead atoms. The molecule has 1 amide bonds. The zero-order chi connectivity index (χ0) is 16.4. The summed E-state index contributed by atoms with van der Waals surface area (Å²) in [5.74, 6) is 2.16. The predicted octanol–water partition coefficient (Wildman–Crippen LogP) is 3.35. The highest BCUT2D eigenvalue weighted by atomic mass is 32.1. The van der Waals surface area contributed by atoms with E-state index in [9.17, 15) is 4.79 Å². The van der Waals surface area contributed by atoms with Gasteiger partial charge in [0, 0.05) is 29.1 Å². The van der Waals surface area contributed by atoms with Gasteiger partial charge in [0.1, 0.15) is 11.5 Å². The molecule has 5 nitrogen and oxygen atoms in total. The van der Waals surface area contributed by atoms with Crippen LogP contribution in [0.3, 0.4) is 0 Å². The standard InChI is InChI=1S/C17H20N2O3S/c1-11-8-14(11)16(20)19(17-18-6-7-23-17)10-12-4-5-13(21-2)9-15(12)22-3/h4-7,9,11,14H,8,10H2,1-3H3/t11-,14-/m0/s1. The minimum Gasteiger partial charge on any atom is -0.497 e. The highest BCUT2D eigenvalue weighted by Gasteiger charge is 2.42. The van der Waals surface area contributed by atoms with Crippen molar-refractivity contribution < 1.29 is 14.3 Å². The number of aromatic nitrogens is 1. The van der Waals surface area contributed by atoms with E-state index in [4.69, 9.17) is 9.47 Å². The van der Waals surface area contributed by atoms with Crippen molar-refractivity contribution in [2.75, 3.05) is 19.1 Å². The quantitative estimate of drug-likeness (QED) is 0.814. The van der Waals surface area contributed by atoms with Crippen molar-refractivity contribution in [1.82, 2.24) is 4.98 Å². The molecule has 122 valence electrons. The minimum absolute atomic E-state index is 0.114. The number of methoxy groups -OCH3 is 2. The number of thiazole rings is 1. The van der Waals surface area contributed by atoms with Gasteiger partial charge in [-0.3, -0.25) is 9.69 Å². The van der Waals surface area contributed by atoms with Crippen LogP contribution in [-0.4, -0.2) is 25.1 Å². The number of hydrogen-bond acceptors (Lipinski definition) is 5. The maximum absolute atomic E-state index is 12.8. The Hall–Kier alpha value is -2.08. The number of anilines is 1. The van der Waals surface area contributed by atoms with Crippen molar-refractivity contribution in [3.8, 4) is 11.5 Å². The molecule has 2 atom stereocenters. The van der Waals surface area contributed by atoms with Crippen LogP contribution in [0.15, 0.2) is 29.8 Å². The van der Waals surface area contributed by atoms with Crippen LogP contribution in [0.5, 0.6) is 11.5 Å². The summed E-state index contributed by atoms with van der Waals surface area (Å²) in [5.41, 5.74) is 0.935. The summed E-state index contributed by atoms with van der Waals surface area (Å²) in [6, 6.07) is 5.64. The van der Waals surface area contributed by atoms with Crippen molar-refractivity contribution >= 4 is 22.4 Å². The fraction of sp³-hybridized carbons (Fsp3) is 0.412. The number of nitrogens with zero attached hydrogens (tertiary/aromatic N) is 2. The number of hydrogen-bond donors (Lipinski definition) is 0. The fourth-order valence-corrected chi connectivity index (χ4v) is 3.26. The van der Waals surface area contributed by atoms with Gasteiger partial charge in [0.2, 0.25) is 5.91 Å². The second-order valence-electron chi connectivity index (χ2n) is 5.74. The van der Waals surface area contributed by atoms with Crippen molar-refractivity contribution in [2.45, 2.75) is 19.9 Å². The maximum Gasteiger partial charge on any atom is 0.232 e. The largest absolute Gasteiger partial charge is 0.497 e. The first-order valence-electron chi connectivity index (χ1n) is 7.55. The van der Waals surface area contributed by atoms with Gasteiger partial charge in [-0.15, -0.1) is 11.3 Å². The van der Waals surface area contributed by atoms with E-state index in [0.29, 0.717) is 18.2 Å². The Bertz CT molecular complexity index is 687. The summed E-state index contributed by atoms with van der Waals surface area (Å²) in [6.07, 6.45) is 2.68. The molecule has 6 heteroatoms. The molecule has 1 aliphatic carbocycles. The summed E-state index contributed by atoms with van der Waals surface area (Å²) >= 11 is 1.47. The zero-order valence-electron chi connectivity index (χ0n) is 13.5. The third-order valence-corrected chi connectivity index (χ3v) is 4.96. The first kappa shape index (κ1) is 15.8. The Labute approximate surface area is 139 Å². The van der Waals surface area contributed by atoms with Gasteiger partial charge in [-0.1, -0.05) is 6.92 Å². The smallest absolute Gasteiger partial charge is 0.232 e. The van der Waals surface area contributed by atoms with Crippen LogP contribution in [0.2, 0.25) is 0 Å². The number of benzene rings is 1. The van der Waals surface area contributed by atoms with E-state index in [2.05, 4.69) is 11.9 Å². The molecule has 1 saturated carbocycles. The van der Waals surface area contributed by atoms with Crippen LogP contribution in [0.25, 0.3) is 0 Å². The van der Waals surface area contributed by atoms with Crippen LogP contribution in [0.4, 0.5) is 5.13 Å². The van der Waals surface area contributed by atoms with Gasteiger partial charge < -0.3 is 9.47 Å². The SMILES string of the molecule is COc1ccc(CN(C(=O)[C@H]2C[C@@H]2C)c2nccs2)c(OC)c1. The van der Waals surface area contributed by atoms with E-state index < -0.39 is 0 Å². The number of amides is 1. The second kappa shape index (κ2) is 6.58. The molecule has 0 unspecified atom stereocenters. The predicted molar refractivity (Wildman–Crippen MR) is 90.1 cm³/mol. The summed E-state index contributed by atoms with van der Waals surface area (Å²) in [7, 11) is 3.24. The van der Waals surface area contributed by atoms with E-state index >= 15 is 0 Å². The van der Waals surface area contributed by atoms with Gasteiger partial charge in [0.05, 0.1) is 20.8 Å². The zero-order valence-corrected chi connectivity index (χ0v) is 14.3. The topological polar surface area (TPSA) is 51.7 Å². The molecule has 1 fully saturated rings. The Morgan fingerprint density at radius 3 is 2.74 bits per heavy atom. The Kier molecular flexibility index (Phi) is 4.52. The van der Waals surface area contributed by atoms with Crippen molar-refractivity contribution in [2.24, 2.45) is 11.8 Å². The summed E-state index contributed by atoms with van der Waals surface area (Å²) in [6.45, 7) is 2.55. The molecule has 1 aromatic heterocycles. The lowest BCUT2D eigenvalue weighted by Crippen LogP contribution is -2.32. The number of rotatable bonds is 6. The van der Waals surface area contributed by atoms with Gasteiger partial charge in [0.15, 0.2) is 5.13 Å². The molecule has 23 heavy (non-hydrogen) atoms. The molecule has 3 rings (SSSR count). The molecular weight excluding hydrogens is 312 g/mol. The fourth-order valence-electron chi connectivity index (χ4n) is 2.61. The van der Waals surface area contributed by atoms with Crippen LogP contribution < -0.4 is 14.4 Å². The lowest BCUT2D eigenvalue weighted by atomic mass is 10.1. The molecule has 1 aromatic carbocycles. The average molecular weight is 332 g/mol. The van der Waals surface area contributed by atoms with Crippen LogP contribution >= 0.6 is 11.3 Å². The van der Waals surface area contributed by atoms with Crippen molar-refractivity contribution in [3.05, 3.63) is 35.3 Å². The van der Waals surface area contributed by atoms with Gasteiger partial charge in [-0.2, -0.15) is 0 Å². The number of carbonyl (C=O) groups excluding carboxylic acids is 1. The van der Waals surface area contributed by atoms with E-state index in [0.717, 1.165) is 22.9 Å². The Morgan fingerprint density at radius 2 is 2.17 bits per heavy atom. The first-order chi connectivity index (χ1) is 11.1. The summed E-state index contributed by atoms with van der Waals surface area (Å²) < 4.78 is 10.7. The monoisotopic (exact) mass is 332 g/mol. The molecule has 0 spiro atoms. The lowest BCUT2D eigenvalue weighted by molar-refractivity contribution is -0.120. The number of ether oxygens (including phenoxy) is 2. The van der Waals surface area contributed by atoms with Gasteiger partial charge in [0.25, 0.3) is 0 Å². The van der Waals surface area contributed by atoms with Gasteiger partial charge in [-0.05, 0) is 24.5 Å². The van der Waals surface area contributed by atoms with E-state index in [-0.39, 0.29) is 11.8 Å². The van der Waals surface area contributed by atoms with E-state index in [1.807, 2.05) is 23.6 Å². The third-order valence-electron chi connectivity index (χ3n) is 4.17. The molecule has 0 aliphatic heterocycles. The summed E-state index contributed by atoms with van der Waals surface area (Å²) in [4.78, 5) is 18.9. The summed E-state index contributed by atoms with van der Waals surface area (Å²) in [5, 5.41) is 2.61. The lowest BCUT2D eigenvalue weighted by Gasteiger charge is -2.21. The molecule has 1 aliphatic rings. The average Bonchev–Trinajstić information content (AvgIpc) is 3.07. The highest BCUT2D eigenvalue weighted by Crippen LogP contribution is 2.41.